The minimum atomic E-state index is -0.596. The summed E-state index contributed by atoms with van der Waals surface area (Å²) in [6, 6.07) is 0. The van der Waals surface area contributed by atoms with Crippen molar-refractivity contribution in [2.75, 3.05) is 20.7 Å². The zero-order valence-corrected chi connectivity index (χ0v) is 11.7. The second-order valence-corrected chi connectivity index (χ2v) is 4.08. The molecule has 0 heterocycles. The number of nitrogens with zero attached hydrogens (tertiary/aromatic N) is 1. The van der Waals surface area contributed by atoms with Crippen molar-refractivity contribution in [1.82, 2.24) is 4.90 Å². The lowest BCUT2D eigenvalue weighted by Crippen LogP contribution is -2.14. The van der Waals surface area contributed by atoms with Crippen LogP contribution in [-0.2, 0) is 14.3 Å². The number of Topliss-reactive ketones (excluding diaryl/α,β-unsaturated/α-hetero) is 1. The van der Waals surface area contributed by atoms with Crippen molar-refractivity contribution in [1.29, 1.82) is 0 Å². The molecule has 0 aromatic heterocycles. The molecule has 0 saturated carbocycles. The number of rotatable bonds is 6. The van der Waals surface area contributed by atoms with Crippen molar-refractivity contribution >= 4 is 11.8 Å². The molecule has 18 heavy (non-hydrogen) atoms. The number of ketones is 1. The van der Waals surface area contributed by atoms with Gasteiger partial charge >= 0.3 is 5.97 Å². The van der Waals surface area contributed by atoms with Gasteiger partial charge in [0, 0.05) is 19.8 Å². The molecule has 0 saturated heterocycles. The predicted octanol–water partition coefficient (Wildman–Crippen LogP) is 2.09. The Morgan fingerprint density at radius 1 is 1.22 bits per heavy atom. The van der Waals surface area contributed by atoms with Gasteiger partial charge in [0.05, 0.1) is 6.61 Å². The van der Waals surface area contributed by atoms with E-state index < -0.39 is 5.97 Å². The van der Waals surface area contributed by atoms with E-state index in [9.17, 15) is 9.59 Å². The summed E-state index contributed by atoms with van der Waals surface area (Å²) in [4.78, 5) is 24.8. The van der Waals surface area contributed by atoms with Gasteiger partial charge < -0.3 is 9.64 Å². The lowest BCUT2D eigenvalue weighted by Gasteiger charge is -2.16. The third kappa shape index (κ3) is 4.99. The molecule has 4 heteroatoms. The van der Waals surface area contributed by atoms with Crippen LogP contribution in [0.2, 0.25) is 0 Å². The summed E-state index contributed by atoms with van der Waals surface area (Å²) in [5, 5.41) is 0. The molecule has 0 N–H and O–H groups in total. The van der Waals surface area contributed by atoms with Crippen LogP contribution < -0.4 is 0 Å². The van der Waals surface area contributed by atoms with Crippen molar-refractivity contribution in [3.05, 3.63) is 35.6 Å². The van der Waals surface area contributed by atoms with E-state index >= 15 is 0 Å². The number of hydrogen-bond acceptors (Lipinski definition) is 4. The molecule has 0 aromatic carbocycles. The molecule has 0 spiro atoms. The first-order valence-corrected chi connectivity index (χ1v) is 5.74. The number of carbonyl (C=O) groups is 2. The van der Waals surface area contributed by atoms with Gasteiger partial charge in [0.1, 0.15) is 5.57 Å². The first kappa shape index (κ1) is 16.2. The molecule has 0 radical (unpaired) electrons. The topological polar surface area (TPSA) is 46.6 Å². The van der Waals surface area contributed by atoms with Gasteiger partial charge in [-0.25, -0.2) is 4.79 Å². The zero-order valence-electron chi connectivity index (χ0n) is 11.7. The van der Waals surface area contributed by atoms with Crippen molar-refractivity contribution in [3.8, 4) is 0 Å². The lowest BCUT2D eigenvalue weighted by atomic mass is 10.1. The maximum Gasteiger partial charge on any atom is 0.341 e. The molecule has 4 nitrogen and oxygen atoms in total. The van der Waals surface area contributed by atoms with Crippen molar-refractivity contribution < 1.29 is 14.3 Å². The van der Waals surface area contributed by atoms with Crippen LogP contribution in [0.4, 0.5) is 0 Å². The van der Waals surface area contributed by atoms with E-state index in [-0.39, 0.29) is 18.0 Å². The number of hydrogen-bond donors (Lipinski definition) is 0. The zero-order chi connectivity index (χ0) is 14.3. The molecule has 100 valence electrons. The Hall–Kier alpha value is -1.84. The van der Waals surface area contributed by atoms with Crippen LogP contribution in [0.5, 0.6) is 0 Å². The van der Waals surface area contributed by atoms with Crippen molar-refractivity contribution in [3.63, 3.8) is 0 Å². The van der Waals surface area contributed by atoms with E-state index in [2.05, 4.69) is 6.58 Å². The molecular formula is C14H21NO3. The fourth-order valence-electron chi connectivity index (χ4n) is 1.37. The Bertz CT molecular complexity index is 403. The Kier molecular flexibility index (Phi) is 6.71. The molecule has 0 fully saturated rings. The first-order chi connectivity index (χ1) is 8.31. The van der Waals surface area contributed by atoms with Crippen LogP contribution in [-0.4, -0.2) is 37.4 Å². The largest absolute Gasteiger partial charge is 0.462 e. The summed E-state index contributed by atoms with van der Waals surface area (Å²) in [6.07, 6.45) is 3.17. The van der Waals surface area contributed by atoms with Gasteiger partial charge in [0.2, 0.25) is 0 Å². The summed E-state index contributed by atoms with van der Waals surface area (Å²) in [6.45, 7) is 8.98. The van der Waals surface area contributed by atoms with Gasteiger partial charge in [-0.05, 0) is 38.5 Å². The van der Waals surface area contributed by atoms with E-state index in [0.29, 0.717) is 0 Å². The first-order valence-electron chi connectivity index (χ1n) is 5.74. The van der Waals surface area contributed by atoms with Crippen LogP contribution in [0.25, 0.3) is 0 Å². The van der Waals surface area contributed by atoms with Crippen LogP contribution in [0.15, 0.2) is 35.6 Å². The highest BCUT2D eigenvalue weighted by Gasteiger charge is 2.14. The average molecular weight is 251 g/mol. The lowest BCUT2D eigenvalue weighted by molar-refractivity contribution is -0.139. The maximum atomic E-state index is 11.6. The fraction of sp³-hybridized carbons (Fsp3) is 0.429. The summed E-state index contributed by atoms with van der Waals surface area (Å²) in [5.74, 6) is -0.911. The average Bonchev–Trinajstić information content (AvgIpc) is 2.22. The van der Waals surface area contributed by atoms with E-state index in [4.69, 9.17) is 4.74 Å². The van der Waals surface area contributed by atoms with Gasteiger partial charge in [-0.2, -0.15) is 0 Å². The van der Waals surface area contributed by atoms with Crippen LogP contribution >= 0.6 is 0 Å². The van der Waals surface area contributed by atoms with Gasteiger partial charge in [0.25, 0.3) is 0 Å². The SMILES string of the molecule is C=C(C)/C(=C/C=C(\C(C)=O)C(=O)OCC)N(C)C. The second-order valence-electron chi connectivity index (χ2n) is 4.08. The van der Waals surface area contributed by atoms with Crippen molar-refractivity contribution in [2.24, 2.45) is 0 Å². The molecule has 0 amide bonds. The molecular weight excluding hydrogens is 230 g/mol. The maximum absolute atomic E-state index is 11.6. The minimum absolute atomic E-state index is 0.0393. The predicted molar refractivity (Wildman–Crippen MR) is 72.0 cm³/mol. The molecule has 0 rings (SSSR count). The Morgan fingerprint density at radius 3 is 2.11 bits per heavy atom. The van der Waals surface area contributed by atoms with E-state index in [1.807, 2.05) is 25.9 Å². The highest BCUT2D eigenvalue weighted by atomic mass is 16.5. The Balaban J connectivity index is 5.31. The van der Waals surface area contributed by atoms with Crippen LogP contribution in [0.3, 0.4) is 0 Å². The van der Waals surface area contributed by atoms with Gasteiger partial charge in [-0.15, -0.1) is 0 Å². The monoisotopic (exact) mass is 251 g/mol. The highest BCUT2D eigenvalue weighted by Crippen LogP contribution is 2.11. The third-order valence-corrected chi connectivity index (χ3v) is 2.20. The number of esters is 1. The minimum Gasteiger partial charge on any atom is -0.462 e. The summed E-state index contributed by atoms with van der Waals surface area (Å²) >= 11 is 0. The number of likely N-dealkylation sites (N-methyl/N-ethyl adjacent to an activating group) is 1. The number of ether oxygens (including phenoxy) is 1. The van der Waals surface area contributed by atoms with Gasteiger partial charge in [-0.1, -0.05) is 6.58 Å². The molecule has 0 aliphatic carbocycles. The molecule has 0 unspecified atom stereocenters. The molecule has 0 bridgehead atoms. The fourth-order valence-corrected chi connectivity index (χ4v) is 1.37. The number of allylic oxidation sites excluding steroid dienone is 3. The van der Waals surface area contributed by atoms with Crippen LogP contribution in [0, 0.1) is 0 Å². The Morgan fingerprint density at radius 2 is 1.78 bits per heavy atom. The molecule has 0 atom stereocenters. The van der Waals surface area contributed by atoms with Crippen LogP contribution in [0.1, 0.15) is 20.8 Å². The number of carbonyl (C=O) groups excluding carboxylic acids is 2. The highest BCUT2D eigenvalue weighted by molar-refractivity contribution is 6.16. The second kappa shape index (κ2) is 7.48. The standard InChI is InChI=1S/C14H21NO3/c1-7-18-14(17)12(11(4)16)8-9-13(10(2)3)15(5)6/h8-9H,2,7H2,1,3-6H3/b12-8+,13-9-. The summed E-state index contributed by atoms with van der Waals surface area (Å²) in [7, 11) is 3.73. The normalized spacial score (nSPS) is 12.1. The van der Waals surface area contributed by atoms with Gasteiger partial charge in [0.15, 0.2) is 5.78 Å². The van der Waals surface area contributed by atoms with E-state index in [1.54, 1.807) is 13.0 Å². The smallest absolute Gasteiger partial charge is 0.341 e. The summed E-state index contributed by atoms with van der Waals surface area (Å²) < 4.78 is 4.83. The molecule has 0 aliphatic heterocycles. The van der Waals surface area contributed by atoms with E-state index in [1.165, 1.54) is 13.0 Å². The van der Waals surface area contributed by atoms with E-state index in [0.717, 1.165) is 11.3 Å². The Labute approximate surface area is 109 Å². The molecule has 0 aliphatic rings. The van der Waals surface area contributed by atoms with Crippen molar-refractivity contribution in [2.45, 2.75) is 20.8 Å². The van der Waals surface area contributed by atoms with Gasteiger partial charge in [-0.3, -0.25) is 4.79 Å². The summed E-state index contributed by atoms with van der Waals surface area (Å²) in [5.41, 5.74) is 1.73. The molecule has 0 aromatic rings. The third-order valence-electron chi connectivity index (χ3n) is 2.20. The quantitative estimate of drug-likeness (QED) is 0.238.